The third-order valence-corrected chi connectivity index (χ3v) is 4.07. The quantitative estimate of drug-likeness (QED) is 0.824. The molecule has 3 nitrogen and oxygen atoms in total. The van der Waals surface area contributed by atoms with E-state index in [-0.39, 0.29) is 11.8 Å². The van der Waals surface area contributed by atoms with Crippen molar-refractivity contribution in [1.82, 2.24) is 5.32 Å². The summed E-state index contributed by atoms with van der Waals surface area (Å²) in [5.41, 5.74) is 0.313. The molecule has 0 spiro atoms. The second kappa shape index (κ2) is 7.30. The molecule has 0 aliphatic rings. The molecule has 1 atom stereocenters. The number of hydrogen-bond acceptors (Lipinski definition) is 3. The summed E-state index contributed by atoms with van der Waals surface area (Å²) in [4.78, 5) is 12.3. The summed E-state index contributed by atoms with van der Waals surface area (Å²) in [6.45, 7) is 5.96. The highest BCUT2D eigenvalue weighted by Gasteiger charge is 2.31. The van der Waals surface area contributed by atoms with E-state index < -0.39 is 5.54 Å². The second-order valence-electron chi connectivity index (χ2n) is 4.96. The molecule has 1 rings (SSSR count). The highest BCUT2D eigenvalue weighted by Crippen LogP contribution is 2.23. The average Bonchev–Trinajstić information content (AvgIpc) is 2.92. The molecule has 1 N–H and O–H groups in total. The molecular weight excluding hydrogens is 256 g/mol. The second-order valence-corrected chi connectivity index (χ2v) is 5.74. The van der Waals surface area contributed by atoms with E-state index in [2.05, 4.69) is 11.4 Å². The van der Waals surface area contributed by atoms with Crippen LogP contribution in [-0.4, -0.2) is 11.4 Å². The molecule has 104 valence electrons. The zero-order valence-corrected chi connectivity index (χ0v) is 12.7. The molecule has 0 aromatic carbocycles. The summed E-state index contributed by atoms with van der Waals surface area (Å²) in [5.74, 6) is -0.255. The molecule has 0 saturated heterocycles. The van der Waals surface area contributed by atoms with E-state index in [1.54, 1.807) is 11.3 Å². The number of nitriles is 1. The summed E-state index contributed by atoms with van der Waals surface area (Å²) in [7, 11) is 0. The number of amides is 1. The molecule has 0 aliphatic heterocycles. The van der Waals surface area contributed by atoms with Crippen molar-refractivity contribution in [2.45, 2.75) is 57.9 Å². The Hall–Kier alpha value is -1.34. The van der Waals surface area contributed by atoms with Crippen molar-refractivity contribution in [3.05, 3.63) is 22.4 Å². The van der Waals surface area contributed by atoms with E-state index >= 15 is 0 Å². The lowest BCUT2D eigenvalue weighted by Gasteiger charge is -2.28. The molecule has 0 bridgehead atoms. The lowest BCUT2D eigenvalue weighted by atomic mass is 9.89. The molecule has 1 aromatic heterocycles. The van der Waals surface area contributed by atoms with Crippen LogP contribution in [-0.2, 0) is 4.79 Å². The lowest BCUT2D eigenvalue weighted by Crippen LogP contribution is -2.48. The summed E-state index contributed by atoms with van der Waals surface area (Å²) in [5, 5.41) is 16.4. The van der Waals surface area contributed by atoms with E-state index in [4.69, 9.17) is 0 Å². The van der Waals surface area contributed by atoms with Crippen molar-refractivity contribution in [2.75, 3.05) is 0 Å². The first-order valence-corrected chi connectivity index (χ1v) is 7.78. The van der Waals surface area contributed by atoms with Crippen molar-refractivity contribution in [1.29, 1.82) is 5.26 Å². The van der Waals surface area contributed by atoms with Gasteiger partial charge in [0.1, 0.15) is 5.54 Å². The normalized spacial score (nSPS) is 12.7. The van der Waals surface area contributed by atoms with E-state index in [1.165, 1.54) is 0 Å². The van der Waals surface area contributed by atoms with Gasteiger partial charge in [0.25, 0.3) is 0 Å². The average molecular weight is 278 g/mol. The Bertz CT molecular complexity index is 427. The molecule has 0 saturated carbocycles. The molecular formula is C15H22N2OS. The fraction of sp³-hybridized carbons (Fsp3) is 0.600. The van der Waals surface area contributed by atoms with Crippen LogP contribution in [0.1, 0.15) is 57.9 Å². The molecule has 4 heteroatoms. The predicted octanol–water partition coefficient (Wildman–Crippen LogP) is 3.83. The van der Waals surface area contributed by atoms with Gasteiger partial charge in [-0.15, -0.1) is 0 Å². The van der Waals surface area contributed by atoms with Gasteiger partial charge in [0.2, 0.25) is 5.91 Å². The molecule has 1 aromatic rings. The largest absolute Gasteiger partial charge is 0.337 e. The van der Waals surface area contributed by atoms with Crippen LogP contribution in [0.25, 0.3) is 0 Å². The number of carbonyl (C=O) groups excluding carboxylic acids is 1. The Kier molecular flexibility index (Phi) is 6.04. The Morgan fingerprint density at radius 2 is 2.11 bits per heavy atom. The smallest absolute Gasteiger partial charge is 0.228 e. The first kappa shape index (κ1) is 15.7. The van der Waals surface area contributed by atoms with E-state index in [9.17, 15) is 10.1 Å². The van der Waals surface area contributed by atoms with E-state index in [1.807, 2.05) is 37.6 Å². The molecule has 1 heterocycles. The van der Waals surface area contributed by atoms with Gasteiger partial charge in [0.15, 0.2) is 0 Å². The molecule has 0 radical (unpaired) electrons. The third-order valence-electron chi connectivity index (χ3n) is 3.37. The van der Waals surface area contributed by atoms with Gasteiger partial charge in [-0.2, -0.15) is 16.6 Å². The van der Waals surface area contributed by atoms with Gasteiger partial charge in [-0.3, -0.25) is 4.79 Å². The molecule has 0 fully saturated rings. The molecule has 19 heavy (non-hydrogen) atoms. The summed E-state index contributed by atoms with van der Waals surface area (Å²) >= 11 is 1.58. The summed E-state index contributed by atoms with van der Waals surface area (Å²) < 4.78 is 0. The number of nitrogens with zero attached hydrogens (tertiary/aromatic N) is 1. The SMILES string of the molecule is CCCC(C#N)(CCC)NC(=O)[C@H](C)c1ccsc1. The van der Waals surface area contributed by atoms with Gasteiger partial charge in [-0.05, 0) is 42.2 Å². The van der Waals surface area contributed by atoms with Crippen molar-refractivity contribution >= 4 is 17.2 Å². The third kappa shape index (κ3) is 4.07. The van der Waals surface area contributed by atoms with Gasteiger partial charge < -0.3 is 5.32 Å². The van der Waals surface area contributed by atoms with E-state index in [0.717, 1.165) is 18.4 Å². The lowest BCUT2D eigenvalue weighted by molar-refractivity contribution is -0.123. The van der Waals surface area contributed by atoms with Crippen LogP contribution < -0.4 is 5.32 Å². The number of hydrogen-bond donors (Lipinski definition) is 1. The Balaban J connectivity index is 2.79. The van der Waals surface area contributed by atoms with Crippen LogP contribution in [0.5, 0.6) is 0 Å². The first-order valence-electron chi connectivity index (χ1n) is 6.84. The maximum absolute atomic E-state index is 12.3. The fourth-order valence-corrected chi connectivity index (χ4v) is 3.01. The zero-order chi connectivity index (χ0) is 14.3. The number of nitrogens with one attached hydrogen (secondary N) is 1. The summed E-state index contributed by atoms with van der Waals surface area (Å²) in [6.07, 6.45) is 3.19. The van der Waals surface area contributed by atoms with Crippen LogP contribution in [0.15, 0.2) is 16.8 Å². The Morgan fingerprint density at radius 1 is 1.47 bits per heavy atom. The van der Waals surface area contributed by atoms with Gasteiger partial charge in [-0.1, -0.05) is 26.7 Å². The van der Waals surface area contributed by atoms with E-state index in [0.29, 0.717) is 12.8 Å². The number of carbonyl (C=O) groups is 1. The zero-order valence-electron chi connectivity index (χ0n) is 11.9. The number of rotatable bonds is 7. The van der Waals surface area contributed by atoms with Crippen molar-refractivity contribution in [3.8, 4) is 6.07 Å². The Labute approximate surface area is 119 Å². The van der Waals surface area contributed by atoms with Crippen LogP contribution in [0.3, 0.4) is 0 Å². The fourth-order valence-electron chi connectivity index (χ4n) is 2.26. The topological polar surface area (TPSA) is 52.9 Å². The highest BCUT2D eigenvalue weighted by molar-refractivity contribution is 7.08. The maximum atomic E-state index is 12.3. The highest BCUT2D eigenvalue weighted by atomic mass is 32.1. The van der Waals surface area contributed by atoms with Gasteiger partial charge in [0.05, 0.1) is 12.0 Å². The van der Waals surface area contributed by atoms with Crippen molar-refractivity contribution < 1.29 is 4.79 Å². The summed E-state index contributed by atoms with van der Waals surface area (Å²) in [6, 6.07) is 4.28. The monoisotopic (exact) mass is 278 g/mol. The van der Waals surface area contributed by atoms with Crippen LogP contribution in [0.4, 0.5) is 0 Å². The minimum Gasteiger partial charge on any atom is -0.337 e. The number of thiophene rings is 1. The standard InChI is InChI=1S/C15H22N2OS/c1-4-7-15(11-16,8-5-2)17-14(18)12(3)13-6-9-19-10-13/h6,9-10,12H,4-5,7-8H2,1-3H3,(H,17,18)/t12-/m1/s1. The minimum absolute atomic E-state index is 0.0538. The molecule has 1 amide bonds. The predicted molar refractivity (Wildman–Crippen MR) is 79.0 cm³/mol. The van der Waals surface area contributed by atoms with Crippen molar-refractivity contribution in [3.63, 3.8) is 0 Å². The van der Waals surface area contributed by atoms with Gasteiger partial charge >= 0.3 is 0 Å². The van der Waals surface area contributed by atoms with Gasteiger partial charge in [0, 0.05) is 0 Å². The van der Waals surface area contributed by atoms with Crippen molar-refractivity contribution in [2.24, 2.45) is 0 Å². The van der Waals surface area contributed by atoms with Crippen LogP contribution >= 0.6 is 11.3 Å². The molecule has 0 aliphatic carbocycles. The first-order chi connectivity index (χ1) is 9.08. The Morgan fingerprint density at radius 3 is 2.53 bits per heavy atom. The molecule has 0 unspecified atom stereocenters. The minimum atomic E-state index is -0.704. The van der Waals surface area contributed by atoms with Gasteiger partial charge in [-0.25, -0.2) is 0 Å². The van der Waals surface area contributed by atoms with Crippen LogP contribution in [0, 0.1) is 11.3 Å². The van der Waals surface area contributed by atoms with Crippen LogP contribution in [0.2, 0.25) is 0 Å². The maximum Gasteiger partial charge on any atom is 0.228 e.